The SMILES string of the molecule is CC(c1ccc(F)cc1)N(C)C(=O)c1ccsc1. The molecule has 0 aliphatic rings. The molecule has 18 heavy (non-hydrogen) atoms. The number of carbonyl (C=O) groups is 1. The van der Waals surface area contributed by atoms with Gasteiger partial charge >= 0.3 is 0 Å². The summed E-state index contributed by atoms with van der Waals surface area (Å²) < 4.78 is 12.9. The summed E-state index contributed by atoms with van der Waals surface area (Å²) in [6, 6.07) is 7.96. The minimum absolute atomic E-state index is 0.0203. The molecule has 0 radical (unpaired) electrons. The molecule has 0 saturated carbocycles. The van der Waals surface area contributed by atoms with Crippen LogP contribution in [0.5, 0.6) is 0 Å². The molecule has 4 heteroatoms. The second-order valence-corrected chi connectivity index (χ2v) is 4.94. The van der Waals surface area contributed by atoms with Crippen LogP contribution in [-0.2, 0) is 0 Å². The molecule has 1 unspecified atom stereocenters. The number of rotatable bonds is 3. The van der Waals surface area contributed by atoms with Gasteiger partial charge in [0.2, 0.25) is 0 Å². The van der Waals surface area contributed by atoms with Gasteiger partial charge in [0, 0.05) is 12.4 Å². The maximum absolute atomic E-state index is 12.9. The smallest absolute Gasteiger partial charge is 0.254 e. The summed E-state index contributed by atoms with van der Waals surface area (Å²) in [5, 5.41) is 3.71. The Bertz CT molecular complexity index is 521. The number of carbonyl (C=O) groups excluding carboxylic acids is 1. The Morgan fingerprint density at radius 2 is 1.94 bits per heavy atom. The first kappa shape index (κ1) is 12.8. The van der Waals surface area contributed by atoms with Crippen LogP contribution in [0.2, 0.25) is 0 Å². The van der Waals surface area contributed by atoms with Crippen molar-refractivity contribution in [2.75, 3.05) is 7.05 Å². The molecule has 0 aliphatic heterocycles. The van der Waals surface area contributed by atoms with Crippen LogP contribution in [0.25, 0.3) is 0 Å². The zero-order valence-electron chi connectivity index (χ0n) is 10.3. The van der Waals surface area contributed by atoms with Gasteiger partial charge in [-0.05, 0) is 36.1 Å². The zero-order valence-corrected chi connectivity index (χ0v) is 11.1. The van der Waals surface area contributed by atoms with E-state index in [0.717, 1.165) is 5.56 Å². The number of hydrogen-bond donors (Lipinski definition) is 0. The minimum atomic E-state index is -0.266. The molecule has 2 aromatic rings. The molecule has 1 heterocycles. The minimum Gasteiger partial charge on any atom is -0.335 e. The average molecular weight is 263 g/mol. The van der Waals surface area contributed by atoms with E-state index in [2.05, 4.69) is 0 Å². The van der Waals surface area contributed by atoms with Crippen LogP contribution in [0, 0.1) is 5.82 Å². The van der Waals surface area contributed by atoms with Crippen molar-refractivity contribution >= 4 is 17.2 Å². The molecule has 2 nitrogen and oxygen atoms in total. The van der Waals surface area contributed by atoms with Gasteiger partial charge in [-0.2, -0.15) is 11.3 Å². The van der Waals surface area contributed by atoms with Crippen LogP contribution in [0.1, 0.15) is 28.9 Å². The largest absolute Gasteiger partial charge is 0.335 e. The van der Waals surface area contributed by atoms with Crippen molar-refractivity contribution in [2.24, 2.45) is 0 Å². The molecule has 0 spiro atoms. The molecule has 0 bridgehead atoms. The fourth-order valence-electron chi connectivity index (χ4n) is 1.73. The Morgan fingerprint density at radius 3 is 2.50 bits per heavy atom. The normalized spacial score (nSPS) is 12.2. The van der Waals surface area contributed by atoms with Crippen LogP contribution in [0.3, 0.4) is 0 Å². The maximum Gasteiger partial charge on any atom is 0.254 e. The van der Waals surface area contributed by atoms with Crippen LogP contribution in [0.4, 0.5) is 4.39 Å². The molecular weight excluding hydrogens is 249 g/mol. The van der Waals surface area contributed by atoms with Crippen molar-refractivity contribution in [3.8, 4) is 0 Å². The molecule has 0 N–H and O–H groups in total. The van der Waals surface area contributed by atoms with Gasteiger partial charge in [-0.15, -0.1) is 0 Å². The summed E-state index contributed by atoms with van der Waals surface area (Å²) in [5.41, 5.74) is 1.61. The van der Waals surface area contributed by atoms with E-state index >= 15 is 0 Å². The third kappa shape index (κ3) is 2.59. The summed E-state index contributed by atoms with van der Waals surface area (Å²) in [5.74, 6) is -0.286. The molecule has 1 atom stereocenters. The Labute approximate surface area is 110 Å². The first-order valence-electron chi connectivity index (χ1n) is 5.64. The summed E-state index contributed by atoms with van der Waals surface area (Å²) in [6.07, 6.45) is 0. The lowest BCUT2D eigenvalue weighted by atomic mass is 10.1. The predicted molar refractivity (Wildman–Crippen MR) is 71.2 cm³/mol. The highest BCUT2D eigenvalue weighted by molar-refractivity contribution is 7.08. The standard InChI is InChI=1S/C14H14FNOS/c1-10(11-3-5-13(15)6-4-11)16(2)14(17)12-7-8-18-9-12/h3-10H,1-2H3. The van der Waals surface area contributed by atoms with E-state index in [-0.39, 0.29) is 17.8 Å². The van der Waals surface area contributed by atoms with Gasteiger partial charge in [-0.25, -0.2) is 4.39 Å². The number of amides is 1. The molecule has 0 aliphatic carbocycles. The highest BCUT2D eigenvalue weighted by Crippen LogP contribution is 2.21. The Hall–Kier alpha value is -1.68. The fraction of sp³-hybridized carbons (Fsp3) is 0.214. The second kappa shape index (κ2) is 5.31. The van der Waals surface area contributed by atoms with E-state index in [1.165, 1.54) is 23.5 Å². The van der Waals surface area contributed by atoms with E-state index in [1.54, 1.807) is 30.1 Å². The average Bonchev–Trinajstić information content (AvgIpc) is 2.91. The van der Waals surface area contributed by atoms with Crippen molar-refractivity contribution in [3.05, 3.63) is 58.0 Å². The van der Waals surface area contributed by atoms with Gasteiger partial charge in [-0.3, -0.25) is 4.79 Å². The second-order valence-electron chi connectivity index (χ2n) is 4.16. The van der Waals surface area contributed by atoms with Crippen molar-refractivity contribution < 1.29 is 9.18 Å². The van der Waals surface area contributed by atoms with E-state index in [1.807, 2.05) is 17.7 Å². The summed E-state index contributed by atoms with van der Waals surface area (Å²) in [6.45, 7) is 1.93. The third-order valence-corrected chi connectivity index (χ3v) is 3.71. The lowest BCUT2D eigenvalue weighted by Gasteiger charge is -2.25. The molecule has 94 valence electrons. The first-order valence-corrected chi connectivity index (χ1v) is 6.58. The van der Waals surface area contributed by atoms with E-state index < -0.39 is 0 Å². The van der Waals surface area contributed by atoms with Crippen molar-refractivity contribution in [1.82, 2.24) is 4.90 Å². The lowest BCUT2D eigenvalue weighted by molar-refractivity contribution is 0.0743. The number of hydrogen-bond acceptors (Lipinski definition) is 2. The highest BCUT2D eigenvalue weighted by Gasteiger charge is 2.18. The quantitative estimate of drug-likeness (QED) is 0.826. The van der Waals surface area contributed by atoms with Crippen LogP contribution in [0.15, 0.2) is 41.1 Å². The number of halogens is 1. The maximum atomic E-state index is 12.9. The van der Waals surface area contributed by atoms with Crippen molar-refractivity contribution in [3.63, 3.8) is 0 Å². The lowest BCUT2D eigenvalue weighted by Crippen LogP contribution is -2.29. The van der Waals surface area contributed by atoms with E-state index in [0.29, 0.717) is 5.56 Å². The van der Waals surface area contributed by atoms with Crippen LogP contribution >= 0.6 is 11.3 Å². The summed E-state index contributed by atoms with van der Waals surface area (Å²) in [4.78, 5) is 13.8. The molecule has 2 rings (SSSR count). The third-order valence-electron chi connectivity index (χ3n) is 3.02. The van der Waals surface area contributed by atoms with Crippen LogP contribution in [-0.4, -0.2) is 17.9 Å². The van der Waals surface area contributed by atoms with Gasteiger partial charge in [0.15, 0.2) is 0 Å². The Morgan fingerprint density at radius 1 is 1.28 bits per heavy atom. The highest BCUT2D eigenvalue weighted by atomic mass is 32.1. The Kier molecular flexibility index (Phi) is 3.77. The van der Waals surface area contributed by atoms with E-state index in [9.17, 15) is 9.18 Å². The Balaban J connectivity index is 2.16. The molecule has 1 aromatic heterocycles. The van der Waals surface area contributed by atoms with Gasteiger partial charge in [0.1, 0.15) is 5.82 Å². The van der Waals surface area contributed by atoms with Crippen molar-refractivity contribution in [2.45, 2.75) is 13.0 Å². The number of thiophene rings is 1. The molecule has 1 aromatic carbocycles. The van der Waals surface area contributed by atoms with E-state index in [4.69, 9.17) is 0 Å². The van der Waals surface area contributed by atoms with Crippen LogP contribution < -0.4 is 0 Å². The summed E-state index contributed by atoms with van der Waals surface area (Å²) >= 11 is 1.50. The van der Waals surface area contributed by atoms with Gasteiger partial charge < -0.3 is 4.90 Å². The molecule has 0 fully saturated rings. The van der Waals surface area contributed by atoms with Gasteiger partial charge in [0.25, 0.3) is 5.91 Å². The molecule has 0 saturated heterocycles. The first-order chi connectivity index (χ1) is 8.59. The molecular formula is C14H14FNOS. The van der Waals surface area contributed by atoms with Gasteiger partial charge in [0.05, 0.1) is 11.6 Å². The van der Waals surface area contributed by atoms with Crippen molar-refractivity contribution in [1.29, 1.82) is 0 Å². The monoisotopic (exact) mass is 263 g/mol. The van der Waals surface area contributed by atoms with Gasteiger partial charge in [-0.1, -0.05) is 12.1 Å². The zero-order chi connectivity index (χ0) is 13.1. The molecule has 1 amide bonds. The number of nitrogens with zero attached hydrogens (tertiary/aromatic N) is 1. The topological polar surface area (TPSA) is 20.3 Å². The summed E-state index contributed by atoms with van der Waals surface area (Å²) in [7, 11) is 1.76. The predicted octanol–water partition coefficient (Wildman–Crippen LogP) is 3.72. The fourth-order valence-corrected chi connectivity index (χ4v) is 2.36. The number of benzene rings is 1.